The second-order valence-corrected chi connectivity index (χ2v) is 8.20. The standard InChI is InChI=1S/C16H21N7O5S.C2HF3O2/c1-11-5-6-12(22-29(26,27)14-4-2-3-7-20-14)15(25)23(11)10-13(24)19-8-9-28-21-16(17)18;3-2(4,5)1(6)7/h2-7,22H,8-10H2,1H3,(H,19,24)(H4,17,18,21);(H,6,7). The number of guanidine groups is 1. The fraction of sp³-hybridized carbons (Fsp3) is 0.278. The first-order chi connectivity index (χ1) is 16.6. The minimum absolute atomic E-state index is 0.0448. The van der Waals surface area contributed by atoms with Crippen molar-refractivity contribution < 1.29 is 41.1 Å². The number of nitrogens with zero attached hydrogens (tertiary/aromatic N) is 2. The predicted molar refractivity (Wildman–Crippen MR) is 118 cm³/mol. The average molecular weight is 537 g/mol. The predicted octanol–water partition coefficient (Wildman–Crippen LogP) is -0.483. The Hall–Kier alpha value is -4.19. The fourth-order valence-electron chi connectivity index (χ4n) is 2.22. The average Bonchev–Trinajstić information content (AvgIpc) is 2.78. The molecule has 0 aliphatic rings. The molecule has 0 saturated heterocycles. The largest absolute Gasteiger partial charge is 0.490 e. The quantitative estimate of drug-likeness (QED) is 0.104. The zero-order valence-electron chi connectivity index (χ0n) is 18.5. The van der Waals surface area contributed by atoms with Gasteiger partial charge in [0.1, 0.15) is 12.2 Å². The maximum Gasteiger partial charge on any atom is 0.490 e. The van der Waals surface area contributed by atoms with Crippen LogP contribution in [0.4, 0.5) is 18.9 Å². The van der Waals surface area contributed by atoms with E-state index in [1.54, 1.807) is 13.0 Å². The summed E-state index contributed by atoms with van der Waals surface area (Å²) in [6.45, 7) is 1.46. The van der Waals surface area contributed by atoms with Crippen LogP contribution in [0, 0.1) is 12.3 Å². The van der Waals surface area contributed by atoms with E-state index < -0.39 is 33.6 Å². The van der Waals surface area contributed by atoms with Gasteiger partial charge in [0, 0.05) is 18.4 Å². The highest BCUT2D eigenvalue weighted by Crippen LogP contribution is 2.13. The van der Waals surface area contributed by atoms with Crippen molar-refractivity contribution in [3.8, 4) is 0 Å². The van der Waals surface area contributed by atoms with E-state index in [4.69, 9.17) is 25.9 Å². The maximum atomic E-state index is 12.6. The lowest BCUT2D eigenvalue weighted by molar-refractivity contribution is -0.192. The summed E-state index contributed by atoms with van der Waals surface area (Å²) in [7, 11) is -4.05. The third-order valence-corrected chi connectivity index (χ3v) is 5.08. The van der Waals surface area contributed by atoms with E-state index in [2.05, 4.69) is 20.5 Å². The number of alkyl halides is 3. The van der Waals surface area contributed by atoms with Gasteiger partial charge in [-0.15, -0.1) is 0 Å². The van der Waals surface area contributed by atoms with Gasteiger partial charge in [0.25, 0.3) is 15.6 Å². The molecule has 14 nitrogen and oxygen atoms in total. The number of hydrogen-bond donors (Lipinski definition) is 6. The minimum atomic E-state index is -5.08. The number of nitrogens with two attached hydrogens (primary N) is 1. The van der Waals surface area contributed by atoms with Crippen molar-refractivity contribution in [2.24, 2.45) is 5.73 Å². The molecule has 2 heterocycles. The molecule has 0 saturated carbocycles. The van der Waals surface area contributed by atoms with Gasteiger partial charge in [-0.2, -0.15) is 21.6 Å². The number of anilines is 1. The number of rotatable bonds is 9. The summed E-state index contributed by atoms with van der Waals surface area (Å²) in [6, 6.07) is 7.22. The molecule has 0 aromatic carbocycles. The first kappa shape index (κ1) is 29.8. The molecular weight excluding hydrogens is 515 g/mol. The molecule has 2 aromatic heterocycles. The van der Waals surface area contributed by atoms with E-state index in [-0.39, 0.29) is 36.4 Å². The highest BCUT2D eigenvalue weighted by Gasteiger charge is 2.38. The smallest absolute Gasteiger partial charge is 0.475 e. The summed E-state index contributed by atoms with van der Waals surface area (Å²) in [4.78, 5) is 42.2. The van der Waals surface area contributed by atoms with Crippen molar-refractivity contribution in [3.05, 3.63) is 52.6 Å². The van der Waals surface area contributed by atoms with E-state index in [1.807, 2.05) is 0 Å². The molecule has 2 aromatic rings. The van der Waals surface area contributed by atoms with Crippen LogP contribution in [0.25, 0.3) is 0 Å². The Bertz CT molecular complexity index is 1240. The van der Waals surface area contributed by atoms with Gasteiger partial charge in [0.2, 0.25) is 11.9 Å². The number of amides is 1. The van der Waals surface area contributed by atoms with Crippen molar-refractivity contribution >= 4 is 33.5 Å². The summed E-state index contributed by atoms with van der Waals surface area (Å²) in [5.41, 5.74) is 6.74. The Morgan fingerprint density at radius 3 is 2.42 bits per heavy atom. The van der Waals surface area contributed by atoms with Crippen molar-refractivity contribution in [1.29, 1.82) is 5.41 Å². The molecule has 18 heteroatoms. The van der Waals surface area contributed by atoms with Crippen LogP contribution in [0.15, 0.2) is 46.3 Å². The van der Waals surface area contributed by atoms with Crippen LogP contribution in [0.1, 0.15) is 5.69 Å². The number of aromatic nitrogens is 2. The zero-order chi connectivity index (χ0) is 27.5. The van der Waals surface area contributed by atoms with Crippen LogP contribution in [0.5, 0.6) is 0 Å². The Labute approximate surface area is 201 Å². The van der Waals surface area contributed by atoms with E-state index in [9.17, 15) is 31.2 Å². The van der Waals surface area contributed by atoms with Gasteiger partial charge in [-0.05, 0) is 31.2 Å². The molecular formula is C18H22F3N7O7S. The molecule has 7 N–H and O–H groups in total. The minimum Gasteiger partial charge on any atom is -0.475 e. The van der Waals surface area contributed by atoms with Crippen LogP contribution in [0.3, 0.4) is 0 Å². The summed E-state index contributed by atoms with van der Waals surface area (Å²) < 4.78 is 59.8. The van der Waals surface area contributed by atoms with Crippen molar-refractivity contribution in [2.45, 2.75) is 24.7 Å². The zero-order valence-corrected chi connectivity index (χ0v) is 19.3. The third kappa shape index (κ3) is 9.97. The summed E-state index contributed by atoms with van der Waals surface area (Å²) >= 11 is 0. The number of hydroxylamine groups is 1. The van der Waals surface area contributed by atoms with Crippen molar-refractivity contribution in [2.75, 3.05) is 17.9 Å². The topological polar surface area (TPSA) is 219 Å². The van der Waals surface area contributed by atoms with Gasteiger partial charge >= 0.3 is 12.1 Å². The number of pyridine rings is 2. The van der Waals surface area contributed by atoms with Gasteiger partial charge in [-0.3, -0.25) is 24.6 Å². The Morgan fingerprint density at radius 2 is 1.89 bits per heavy atom. The number of aryl methyl sites for hydroxylation is 1. The monoisotopic (exact) mass is 537 g/mol. The van der Waals surface area contributed by atoms with Gasteiger partial charge < -0.3 is 20.7 Å². The van der Waals surface area contributed by atoms with E-state index in [0.29, 0.717) is 5.69 Å². The van der Waals surface area contributed by atoms with Crippen LogP contribution >= 0.6 is 0 Å². The van der Waals surface area contributed by atoms with Crippen LogP contribution < -0.4 is 26.8 Å². The molecule has 0 aliphatic carbocycles. The molecule has 0 aliphatic heterocycles. The lowest BCUT2D eigenvalue weighted by Crippen LogP contribution is -2.37. The van der Waals surface area contributed by atoms with E-state index >= 15 is 0 Å². The molecule has 0 spiro atoms. The molecule has 1 amide bonds. The molecule has 0 radical (unpaired) electrons. The van der Waals surface area contributed by atoms with Gasteiger partial charge in [-0.1, -0.05) is 6.07 Å². The maximum absolute atomic E-state index is 12.6. The third-order valence-electron chi connectivity index (χ3n) is 3.80. The molecule has 0 fully saturated rings. The Morgan fingerprint density at radius 1 is 1.25 bits per heavy atom. The van der Waals surface area contributed by atoms with Gasteiger partial charge in [0.15, 0.2) is 5.03 Å². The number of carbonyl (C=O) groups excluding carboxylic acids is 1. The number of sulfonamides is 1. The molecule has 198 valence electrons. The van der Waals surface area contributed by atoms with E-state index in [0.717, 1.165) is 4.57 Å². The first-order valence-corrected chi connectivity index (χ1v) is 11.1. The molecule has 0 bridgehead atoms. The number of carboxylic acids is 1. The van der Waals surface area contributed by atoms with Crippen LogP contribution in [0.2, 0.25) is 0 Å². The normalized spacial score (nSPS) is 11.0. The SMILES string of the molecule is Cc1ccc(NS(=O)(=O)c2ccccn2)c(=O)n1CC(=O)NCCONC(=N)N.O=C(O)C(F)(F)F. The number of carboxylic acid groups (broad SMARTS) is 1. The van der Waals surface area contributed by atoms with Gasteiger partial charge in [0.05, 0.1) is 6.61 Å². The van der Waals surface area contributed by atoms with Crippen LogP contribution in [-0.4, -0.2) is 60.2 Å². The summed E-state index contributed by atoms with van der Waals surface area (Å²) in [6.07, 6.45) is -3.76. The molecule has 0 unspecified atom stereocenters. The number of aliphatic carboxylic acids is 1. The second kappa shape index (κ2) is 13.0. The number of nitrogens with one attached hydrogen (secondary N) is 4. The summed E-state index contributed by atoms with van der Waals surface area (Å²) in [5.74, 6) is -3.61. The highest BCUT2D eigenvalue weighted by atomic mass is 32.2. The molecule has 2 rings (SSSR count). The Balaban J connectivity index is 0.000000809. The van der Waals surface area contributed by atoms with Crippen molar-refractivity contribution in [1.82, 2.24) is 20.3 Å². The summed E-state index contributed by atoms with van der Waals surface area (Å²) in [5, 5.41) is 16.3. The van der Waals surface area contributed by atoms with Gasteiger partial charge in [-0.25, -0.2) is 15.3 Å². The molecule has 0 atom stereocenters. The first-order valence-electron chi connectivity index (χ1n) is 9.58. The highest BCUT2D eigenvalue weighted by molar-refractivity contribution is 7.92. The van der Waals surface area contributed by atoms with Crippen molar-refractivity contribution in [3.63, 3.8) is 0 Å². The number of halogens is 3. The van der Waals surface area contributed by atoms with Crippen LogP contribution in [-0.2, 0) is 31.0 Å². The fourth-order valence-corrected chi connectivity index (χ4v) is 3.22. The lowest BCUT2D eigenvalue weighted by atomic mass is 10.3. The second-order valence-electron chi connectivity index (χ2n) is 6.57. The molecule has 36 heavy (non-hydrogen) atoms. The Kier molecular flexibility index (Phi) is 10.8. The number of carbonyl (C=O) groups is 2. The van der Waals surface area contributed by atoms with E-state index in [1.165, 1.54) is 30.5 Å². The lowest BCUT2D eigenvalue weighted by Gasteiger charge is -2.13. The number of hydrogen-bond acceptors (Lipinski definition) is 8.